The Labute approximate surface area is 246 Å². The third-order valence-electron chi connectivity index (χ3n) is 7.91. The molecule has 10 nitrogen and oxygen atoms in total. The minimum Gasteiger partial charge on any atom is -0.490 e. The van der Waals surface area contributed by atoms with Crippen molar-refractivity contribution in [3.63, 3.8) is 0 Å². The van der Waals surface area contributed by atoms with E-state index in [0.29, 0.717) is 31.9 Å². The topological polar surface area (TPSA) is 97.6 Å². The van der Waals surface area contributed by atoms with Crippen molar-refractivity contribution in [3.8, 4) is 17.2 Å². The molecule has 0 atom stereocenters. The summed E-state index contributed by atoms with van der Waals surface area (Å²) in [5, 5.41) is 11.1. The number of amides is 1. The first-order chi connectivity index (χ1) is 20.5. The molecule has 0 bridgehead atoms. The van der Waals surface area contributed by atoms with E-state index in [-0.39, 0.29) is 23.4 Å². The number of piperidine rings is 1. The van der Waals surface area contributed by atoms with E-state index in [2.05, 4.69) is 34.1 Å². The van der Waals surface area contributed by atoms with Crippen molar-refractivity contribution >= 4 is 17.3 Å². The number of nitrogens with zero attached hydrogens (tertiary/aromatic N) is 4. The van der Waals surface area contributed by atoms with Crippen LogP contribution in [0.5, 0.6) is 17.2 Å². The number of nitro benzene ring substituents is 1. The maximum atomic E-state index is 12.9. The van der Waals surface area contributed by atoms with Gasteiger partial charge in [-0.1, -0.05) is 30.3 Å². The van der Waals surface area contributed by atoms with Crippen molar-refractivity contribution in [1.82, 2.24) is 9.80 Å². The van der Waals surface area contributed by atoms with Crippen molar-refractivity contribution in [2.75, 3.05) is 57.8 Å². The number of piperazine rings is 1. The molecule has 42 heavy (non-hydrogen) atoms. The second-order valence-corrected chi connectivity index (χ2v) is 10.6. The third-order valence-corrected chi connectivity index (χ3v) is 7.91. The van der Waals surface area contributed by atoms with Crippen LogP contribution >= 0.6 is 0 Å². The summed E-state index contributed by atoms with van der Waals surface area (Å²) in [7, 11) is 1.40. The van der Waals surface area contributed by atoms with E-state index in [0.717, 1.165) is 56.9 Å². The highest BCUT2D eigenvalue weighted by molar-refractivity contribution is 5.76. The van der Waals surface area contributed by atoms with E-state index in [9.17, 15) is 14.9 Å². The van der Waals surface area contributed by atoms with Gasteiger partial charge in [-0.2, -0.15) is 0 Å². The van der Waals surface area contributed by atoms with Gasteiger partial charge in [0.25, 0.3) is 0 Å². The van der Waals surface area contributed by atoms with Gasteiger partial charge < -0.3 is 24.0 Å². The van der Waals surface area contributed by atoms with Crippen LogP contribution in [0.15, 0.2) is 72.8 Å². The fourth-order valence-corrected chi connectivity index (χ4v) is 5.43. The van der Waals surface area contributed by atoms with Gasteiger partial charge in [-0.05, 0) is 35.9 Å². The number of hydrogen-bond acceptors (Lipinski definition) is 8. The third kappa shape index (κ3) is 7.70. The highest BCUT2D eigenvalue weighted by atomic mass is 16.6. The monoisotopic (exact) mass is 574 g/mol. The second-order valence-electron chi connectivity index (χ2n) is 10.6. The summed E-state index contributed by atoms with van der Waals surface area (Å²) in [6, 6.07) is 23.0. The molecule has 0 aliphatic carbocycles. The fraction of sp³-hybridized carbons (Fsp3) is 0.406. The number of rotatable bonds is 11. The summed E-state index contributed by atoms with van der Waals surface area (Å²) >= 11 is 0. The zero-order chi connectivity index (χ0) is 29.3. The number of nitro groups is 1. The largest absolute Gasteiger partial charge is 0.490 e. The van der Waals surface area contributed by atoms with Gasteiger partial charge in [0, 0.05) is 82.9 Å². The molecule has 2 fully saturated rings. The number of anilines is 1. The average Bonchev–Trinajstić information content (AvgIpc) is 3.04. The van der Waals surface area contributed by atoms with E-state index in [1.807, 2.05) is 35.2 Å². The Hall–Kier alpha value is -4.31. The van der Waals surface area contributed by atoms with E-state index in [1.165, 1.54) is 18.9 Å². The maximum Gasteiger partial charge on any atom is 0.311 e. The molecule has 0 N–H and O–H groups in total. The Balaban J connectivity index is 0.994. The van der Waals surface area contributed by atoms with Crippen molar-refractivity contribution in [2.45, 2.75) is 32.0 Å². The van der Waals surface area contributed by atoms with Gasteiger partial charge in [0.05, 0.1) is 12.0 Å². The van der Waals surface area contributed by atoms with Gasteiger partial charge in [0.2, 0.25) is 11.7 Å². The molecule has 0 spiro atoms. The summed E-state index contributed by atoms with van der Waals surface area (Å²) in [5.41, 5.74) is 2.25. The number of methoxy groups -OCH3 is 1. The number of hydrogen-bond donors (Lipinski definition) is 0. The van der Waals surface area contributed by atoms with E-state index < -0.39 is 4.92 Å². The molecule has 1 amide bonds. The Morgan fingerprint density at radius 3 is 2.26 bits per heavy atom. The highest BCUT2D eigenvalue weighted by Gasteiger charge is 2.26. The Bertz CT molecular complexity index is 1320. The molecule has 0 unspecified atom stereocenters. The molecule has 0 saturated carbocycles. The first kappa shape index (κ1) is 29.2. The number of likely N-dealkylation sites (tertiary alicyclic amines) is 1. The molecular weight excluding hydrogens is 536 g/mol. The second kappa shape index (κ2) is 14.0. The number of ether oxygens (including phenoxy) is 3. The predicted octanol–water partition coefficient (Wildman–Crippen LogP) is 4.76. The van der Waals surface area contributed by atoms with E-state index >= 15 is 0 Å². The van der Waals surface area contributed by atoms with Gasteiger partial charge in [-0.3, -0.25) is 19.8 Å². The molecular formula is C32H38N4O6. The van der Waals surface area contributed by atoms with Crippen LogP contribution in [0.2, 0.25) is 0 Å². The van der Waals surface area contributed by atoms with E-state index in [1.54, 1.807) is 12.1 Å². The molecule has 2 heterocycles. The molecule has 2 saturated heterocycles. The van der Waals surface area contributed by atoms with Crippen LogP contribution in [-0.2, 0) is 11.4 Å². The lowest BCUT2D eigenvalue weighted by Crippen LogP contribution is -2.48. The smallest absolute Gasteiger partial charge is 0.311 e. The molecule has 3 aromatic rings. The zero-order valence-electron chi connectivity index (χ0n) is 24.0. The van der Waals surface area contributed by atoms with Crippen LogP contribution in [0.25, 0.3) is 0 Å². The SMILES string of the molecule is COc1cc(OC2CCN(C(=O)CCN3CCN(c4ccc(OCc5ccccc5)cc4)CC3)CC2)ccc1[N+](=O)[O-]. The molecule has 2 aliphatic rings. The van der Waals surface area contributed by atoms with Crippen LogP contribution < -0.4 is 19.1 Å². The van der Waals surface area contributed by atoms with Crippen LogP contribution in [0.3, 0.4) is 0 Å². The molecule has 3 aromatic carbocycles. The average molecular weight is 575 g/mol. The molecule has 0 aromatic heterocycles. The van der Waals surface area contributed by atoms with Crippen LogP contribution in [0, 0.1) is 10.1 Å². The molecule has 5 rings (SSSR count). The number of carbonyl (C=O) groups is 1. The van der Waals surface area contributed by atoms with Crippen LogP contribution in [0.4, 0.5) is 11.4 Å². The van der Waals surface area contributed by atoms with Gasteiger partial charge in [-0.15, -0.1) is 0 Å². The lowest BCUT2D eigenvalue weighted by molar-refractivity contribution is -0.385. The molecule has 2 aliphatic heterocycles. The van der Waals surface area contributed by atoms with Gasteiger partial charge in [0.15, 0.2) is 0 Å². The summed E-state index contributed by atoms with van der Waals surface area (Å²) in [6.45, 7) is 6.31. The first-order valence-electron chi connectivity index (χ1n) is 14.5. The van der Waals surface area contributed by atoms with Gasteiger partial charge in [0.1, 0.15) is 24.2 Å². The summed E-state index contributed by atoms with van der Waals surface area (Å²) in [5.74, 6) is 1.75. The van der Waals surface area contributed by atoms with Crippen molar-refractivity contribution < 1.29 is 23.9 Å². The Kier molecular flexibility index (Phi) is 9.76. The predicted molar refractivity (Wildman–Crippen MR) is 160 cm³/mol. The Morgan fingerprint density at radius 2 is 1.60 bits per heavy atom. The Morgan fingerprint density at radius 1 is 0.905 bits per heavy atom. The van der Waals surface area contributed by atoms with Crippen molar-refractivity contribution in [2.24, 2.45) is 0 Å². The first-order valence-corrected chi connectivity index (χ1v) is 14.5. The number of carbonyl (C=O) groups excluding carboxylic acids is 1. The van der Waals surface area contributed by atoms with Crippen molar-refractivity contribution in [3.05, 3.63) is 88.5 Å². The summed E-state index contributed by atoms with van der Waals surface area (Å²) in [4.78, 5) is 30.2. The van der Waals surface area contributed by atoms with Gasteiger partial charge in [-0.25, -0.2) is 0 Å². The highest BCUT2D eigenvalue weighted by Crippen LogP contribution is 2.32. The minimum atomic E-state index is -0.477. The molecule has 222 valence electrons. The minimum absolute atomic E-state index is 0.0437. The van der Waals surface area contributed by atoms with E-state index in [4.69, 9.17) is 14.2 Å². The van der Waals surface area contributed by atoms with Crippen molar-refractivity contribution in [1.29, 1.82) is 0 Å². The lowest BCUT2D eigenvalue weighted by atomic mass is 10.1. The quantitative estimate of drug-likeness (QED) is 0.239. The lowest BCUT2D eigenvalue weighted by Gasteiger charge is -2.37. The van der Waals surface area contributed by atoms with Crippen LogP contribution in [0.1, 0.15) is 24.8 Å². The zero-order valence-corrected chi connectivity index (χ0v) is 24.0. The standard InChI is InChI=1S/C32H38N4O6/c1-40-31-23-29(11-12-30(31)36(38)39)42-28-13-17-35(18-14-28)32(37)15-16-33-19-21-34(22-20-33)26-7-9-27(10-8-26)41-24-25-5-3-2-4-6-25/h2-12,23,28H,13-22,24H2,1H3. The molecule has 0 radical (unpaired) electrons. The number of benzene rings is 3. The summed E-state index contributed by atoms with van der Waals surface area (Å²) in [6.07, 6.45) is 1.91. The maximum absolute atomic E-state index is 12.9. The summed E-state index contributed by atoms with van der Waals surface area (Å²) < 4.78 is 17.1. The van der Waals surface area contributed by atoms with Gasteiger partial charge >= 0.3 is 5.69 Å². The molecule has 10 heteroatoms. The normalized spacial score (nSPS) is 16.2. The van der Waals surface area contributed by atoms with Crippen LogP contribution in [-0.4, -0.2) is 79.7 Å². The fourth-order valence-electron chi connectivity index (χ4n) is 5.43.